The lowest BCUT2D eigenvalue weighted by Gasteiger charge is -2.17. The molecule has 0 unspecified atom stereocenters. The van der Waals surface area contributed by atoms with Crippen molar-refractivity contribution in [2.45, 2.75) is 12.8 Å². The van der Waals surface area contributed by atoms with Crippen LogP contribution in [0, 0.1) is 0 Å². The van der Waals surface area contributed by atoms with Crippen LogP contribution in [0.1, 0.15) is 33.7 Å². The molecule has 6 nitrogen and oxygen atoms in total. The zero-order chi connectivity index (χ0) is 19.5. The van der Waals surface area contributed by atoms with Gasteiger partial charge >= 0.3 is 0 Å². The first-order valence-electron chi connectivity index (χ1n) is 9.02. The van der Waals surface area contributed by atoms with Gasteiger partial charge in [0.2, 0.25) is 0 Å². The number of amides is 2. The monoisotopic (exact) mass is 395 g/mol. The second-order valence-electron chi connectivity index (χ2n) is 6.54. The predicted octanol–water partition coefficient (Wildman–Crippen LogP) is 4.48. The van der Waals surface area contributed by atoms with Crippen LogP contribution in [0.15, 0.2) is 59.3 Å². The smallest absolute Gasteiger partial charge is 0.278 e. The molecular formula is C21H18ClN3O3. The molecular weight excluding hydrogens is 378 g/mol. The number of benzene rings is 2. The predicted molar refractivity (Wildman–Crippen MR) is 106 cm³/mol. The Bertz CT molecular complexity index is 1010. The summed E-state index contributed by atoms with van der Waals surface area (Å²) in [4.78, 5) is 31.5. The van der Waals surface area contributed by atoms with Crippen molar-refractivity contribution in [3.05, 3.63) is 71.2 Å². The molecule has 1 aliphatic rings. The maximum atomic E-state index is 12.8. The molecule has 0 spiro atoms. The van der Waals surface area contributed by atoms with Crippen LogP contribution < -0.4 is 5.32 Å². The normalized spacial score (nSPS) is 13.5. The van der Waals surface area contributed by atoms with E-state index < -0.39 is 5.91 Å². The maximum Gasteiger partial charge on any atom is 0.278 e. The van der Waals surface area contributed by atoms with E-state index >= 15 is 0 Å². The van der Waals surface area contributed by atoms with Crippen LogP contribution in [0.5, 0.6) is 0 Å². The lowest BCUT2D eigenvalue weighted by molar-refractivity contribution is 0.0794. The molecule has 0 aliphatic carbocycles. The van der Waals surface area contributed by atoms with Crippen LogP contribution in [0.4, 0.5) is 5.69 Å². The average Bonchev–Trinajstić information content (AvgIpc) is 3.41. The lowest BCUT2D eigenvalue weighted by atomic mass is 10.1. The van der Waals surface area contributed by atoms with E-state index in [-0.39, 0.29) is 11.6 Å². The number of carbonyl (C=O) groups excluding carboxylic acids is 2. The summed E-state index contributed by atoms with van der Waals surface area (Å²) in [5.41, 5.74) is 1.75. The first kappa shape index (κ1) is 18.3. The number of hydrogen-bond acceptors (Lipinski definition) is 4. The van der Waals surface area contributed by atoms with Crippen molar-refractivity contribution in [2.75, 3.05) is 18.4 Å². The summed E-state index contributed by atoms with van der Waals surface area (Å²) in [5.74, 6) is -0.177. The quantitative estimate of drug-likeness (QED) is 0.706. The van der Waals surface area contributed by atoms with E-state index in [1.807, 2.05) is 0 Å². The molecule has 2 amide bonds. The molecule has 0 bridgehead atoms. The SMILES string of the molecule is O=C(Nc1ccccc1C(=O)N1CCCC1)c1ncoc1-c1ccc(Cl)cc1. The van der Waals surface area contributed by atoms with Gasteiger partial charge in [-0.2, -0.15) is 0 Å². The molecule has 28 heavy (non-hydrogen) atoms. The Hall–Kier alpha value is -3.12. The maximum absolute atomic E-state index is 12.8. The molecule has 4 rings (SSSR count). The number of oxazole rings is 1. The third-order valence-electron chi connectivity index (χ3n) is 4.69. The van der Waals surface area contributed by atoms with Gasteiger partial charge in [0.1, 0.15) is 0 Å². The minimum absolute atomic E-state index is 0.0773. The van der Waals surface area contributed by atoms with Crippen LogP contribution >= 0.6 is 11.6 Å². The van der Waals surface area contributed by atoms with Crippen molar-refractivity contribution in [1.29, 1.82) is 0 Å². The molecule has 7 heteroatoms. The van der Waals surface area contributed by atoms with Crippen molar-refractivity contribution in [1.82, 2.24) is 9.88 Å². The summed E-state index contributed by atoms with van der Waals surface area (Å²) in [7, 11) is 0. The molecule has 2 heterocycles. The first-order chi connectivity index (χ1) is 13.6. The number of aromatic nitrogens is 1. The van der Waals surface area contributed by atoms with Gasteiger partial charge in [0.05, 0.1) is 11.3 Å². The standard InChI is InChI=1S/C21H18ClN3O3/c22-15-9-7-14(8-10-15)19-18(23-13-28-19)20(26)24-17-6-2-1-5-16(17)21(27)25-11-3-4-12-25/h1-2,5-10,13H,3-4,11-12H2,(H,24,26). The zero-order valence-corrected chi connectivity index (χ0v) is 15.8. The Morgan fingerprint density at radius 2 is 1.75 bits per heavy atom. The Kier molecular flexibility index (Phi) is 5.12. The van der Waals surface area contributed by atoms with E-state index in [9.17, 15) is 9.59 Å². The summed E-state index contributed by atoms with van der Waals surface area (Å²) in [6.07, 6.45) is 3.23. The minimum atomic E-state index is -0.444. The summed E-state index contributed by atoms with van der Waals surface area (Å²) in [6.45, 7) is 1.48. The molecule has 0 atom stereocenters. The van der Waals surface area contributed by atoms with Gasteiger partial charge in [-0.05, 0) is 49.2 Å². The van der Waals surface area contributed by atoms with Gasteiger partial charge in [0, 0.05) is 23.7 Å². The first-order valence-corrected chi connectivity index (χ1v) is 9.40. The van der Waals surface area contributed by atoms with E-state index in [2.05, 4.69) is 10.3 Å². The van der Waals surface area contributed by atoms with E-state index in [1.165, 1.54) is 6.39 Å². The summed E-state index contributed by atoms with van der Waals surface area (Å²) in [6, 6.07) is 13.9. The number of likely N-dealkylation sites (tertiary alicyclic amines) is 1. The number of anilines is 1. The average molecular weight is 396 g/mol. The second-order valence-corrected chi connectivity index (χ2v) is 6.97. The minimum Gasteiger partial charge on any atom is -0.443 e. The Labute approximate surface area is 167 Å². The van der Waals surface area contributed by atoms with Gasteiger partial charge in [-0.25, -0.2) is 4.98 Å². The zero-order valence-electron chi connectivity index (χ0n) is 15.0. The summed E-state index contributed by atoms with van der Waals surface area (Å²) < 4.78 is 5.42. The van der Waals surface area contributed by atoms with Crippen molar-refractivity contribution in [2.24, 2.45) is 0 Å². The fourth-order valence-electron chi connectivity index (χ4n) is 3.26. The van der Waals surface area contributed by atoms with Crippen LogP contribution in [-0.4, -0.2) is 34.8 Å². The highest BCUT2D eigenvalue weighted by Crippen LogP contribution is 2.26. The van der Waals surface area contributed by atoms with Gasteiger partial charge < -0.3 is 14.6 Å². The van der Waals surface area contributed by atoms with Gasteiger partial charge in [0.25, 0.3) is 11.8 Å². The van der Waals surface area contributed by atoms with E-state index in [4.69, 9.17) is 16.0 Å². The van der Waals surface area contributed by atoms with Crippen molar-refractivity contribution < 1.29 is 14.0 Å². The van der Waals surface area contributed by atoms with Crippen molar-refractivity contribution in [3.8, 4) is 11.3 Å². The topological polar surface area (TPSA) is 75.4 Å². The van der Waals surface area contributed by atoms with Crippen molar-refractivity contribution in [3.63, 3.8) is 0 Å². The number of hydrogen-bond donors (Lipinski definition) is 1. The number of rotatable bonds is 4. The van der Waals surface area contributed by atoms with Gasteiger partial charge in [-0.3, -0.25) is 9.59 Å². The molecule has 1 saturated heterocycles. The molecule has 1 N–H and O–H groups in total. The Morgan fingerprint density at radius 1 is 1.04 bits per heavy atom. The number of halogens is 1. The largest absolute Gasteiger partial charge is 0.443 e. The van der Waals surface area contributed by atoms with Crippen LogP contribution in [0.3, 0.4) is 0 Å². The lowest BCUT2D eigenvalue weighted by Crippen LogP contribution is -2.28. The Morgan fingerprint density at radius 3 is 2.50 bits per heavy atom. The van der Waals surface area contributed by atoms with E-state index in [1.54, 1.807) is 53.4 Å². The number of para-hydroxylation sites is 1. The molecule has 142 valence electrons. The highest BCUT2D eigenvalue weighted by Gasteiger charge is 2.24. The molecule has 1 fully saturated rings. The molecule has 1 aliphatic heterocycles. The number of nitrogens with zero attached hydrogens (tertiary/aromatic N) is 2. The molecule has 0 radical (unpaired) electrons. The fraction of sp³-hybridized carbons (Fsp3) is 0.190. The third-order valence-corrected chi connectivity index (χ3v) is 4.94. The van der Waals surface area contributed by atoms with Crippen molar-refractivity contribution >= 4 is 29.1 Å². The summed E-state index contributed by atoms with van der Waals surface area (Å²) in [5, 5.41) is 3.39. The van der Waals surface area contributed by atoms with Crippen LogP contribution in [0.25, 0.3) is 11.3 Å². The highest BCUT2D eigenvalue weighted by molar-refractivity contribution is 6.30. The third kappa shape index (κ3) is 3.64. The second kappa shape index (κ2) is 7.86. The number of carbonyl (C=O) groups is 2. The van der Waals surface area contributed by atoms with Gasteiger partial charge in [-0.15, -0.1) is 0 Å². The molecule has 0 saturated carbocycles. The molecule has 3 aromatic rings. The van der Waals surface area contributed by atoms with Gasteiger partial charge in [0.15, 0.2) is 17.8 Å². The number of nitrogens with one attached hydrogen (secondary N) is 1. The van der Waals surface area contributed by atoms with E-state index in [0.717, 1.165) is 25.9 Å². The van der Waals surface area contributed by atoms with Gasteiger partial charge in [-0.1, -0.05) is 23.7 Å². The van der Waals surface area contributed by atoms with Crippen LogP contribution in [-0.2, 0) is 0 Å². The van der Waals surface area contributed by atoms with E-state index in [0.29, 0.717) is 27.6 Å². The highest BCUT2D eigenvalue weighted by atomic mass is 35.5. The fourth-order valence-corrected chi connectivity index (χ4v) is 3.39. The molecule has 1 aromatic heterocycles. The Balaban J connectivity index is 1.59. The summed E-state index contributed by atoms with van der Waals surface area (Å²) >= 11 is 5.92. The van der Waals surface area contributed by atoms with Crippen LogP contribution in [0.2, 0.25) is 5.02 Å². The molecule has 2 aromatic carbocycles.